The Labute approximate surface area is 101 Å². The van der Waals surface area contributed by atoms with Crippen LogP contribution in [0, 0.1) is 0 Å². The minimum Gasteiger partial charge on any atom is -0.347 e. The highest BCUT2D eigenvalue weighted by molar-refractivity contribution is 5.98. The predicted molar refractivity (Wildman–Crippen MR) is 62.1 cm³/mol. The first kappa shape index (κ1) is 12.1. The summed E-state index contributed by atoms with van der Waals surface area (Å²) in [5.41, 5.74) is -1.18. The summed E-state index contributed by atoms with van der Waals surface area (Å²) in [4.78, 5) is 27.6. The van der Waals surface area contributed by atoms with Crippen molar-refractivity contribution in [2.45, 2.75) is 31.0 Å². The third-order valence-corrected chi connectivity index (χ3v) is 3.66. The molecular weight excluding hydrogens is 220 g/mol. The Balaban J connectivity index is 2.47. The van der Waals surface area contributed by atoms with Gasteiger partial charge in [-0.1, -0.05) is 6.08 Å². The molecule has 3 rings (SSSR count). The molecule has 5 heteroatoms. The topological polar surface area (TPSA) is 49.9 Å². The third kappa shape index (κ3) is 1.57. The van der Waals surface area contributed by atoms with Gasteiger partial charge in [0.25, 0.3) is 5.91 Å². The molecule has 2 unspecified atom stereocenters. The van der Waals surface area contributed by atoms with Gasteiger partial charge in [0, 0.05) is 20.5 Å². The van der Waals surface area contributed by atoms with Crippen molar-refractivity contribution in [2.75, 3.05) is 20.7 Å². The molecular formula is C12H18N2O3. The molecule has 17 heavy (non-hydrogen) atoms. The van der Waals surface area contributed by atoms with Crippen LogP contribution in [-0.2, 0) is 14.3 Å². The van der Waals surface area contributed by atoms with E-state index >= 15 is 0 Å². The van der Waals surface area contributed by atoms with Crippen LogP contribution in [0.3, 0.4) is 0 Å². The fraction of sp³-hybridized carbons (Fsp3) is 0.667. The summed E-state index contributed by atoms with van der Waals surface area (Å²) >= 11 is 0. The summed E-state index contributed by atoms with van der Waals surface area (Å²) in [6.07, 6.45) is 3.40. The summed E-state index contributed by atoms with van der Waals surface area (Å²) in [5, 5.41) is 0. The molecule has 0 aromatic heterocycles. The fourth-order valence-electron chi connectivity index (χ4n) is 2.60. The van der Waals surface area contributed by atoms with Crippen LogP contribution < -0.4 is 0 Å². The smallest absolute Gasteiger partial charge is 0.276 e. The summed E-state index contributed by atoms with van der Waals surface area (Å²) in [5.74, 6) is -0.196. The Kier molecular flexibility index (Phi) is 2.95. The Morgan fingerprint density at radius 2 is 2.24 bits per heavy atom. The Bertz CT molecular complexity index is 369. The van der Waals surface area contributed by atoms with Crippen molar-refractivity contribution in [1.82, 2.24) is 9.80 Å². The molecule has 3 aliphatic rings. The Morgan fingerprint density at radius 3 is 2.88 bits per heavy atom. The van der Waals surface area contributed by atoms with Gasteiger partial charge in [-0.05, 0) is 12.8 Å². The van der Waals surface area contributed by atoms with E-state index in [9.17, 15) is 9.59 Å². The first-order valence-electron chi connectivity index (χ1n) is 5.84. The molecule has 94 valence electrons. The van der Waals surface area contributed by atoms with Crippen molar-refractivity contribution in [3.8, 4) is 0 Å². The monoisotopic (exact) mass is 238 g/mol. The number of nitrogens with zero attached hydrogens (tertiary/aromatic N) is 2. The molecule has 0 aliphatic carbocycles. The molecule has 2 amide bonds. The molecule has 0 N–H and O–H groups in total. The standard InChI is InChI=1S/C12H18N2O3/c1-4-7-12-11(16)13(2)9(6-5-8-17-12)10(15)14(12)3/h4,9H,1,5-8H2,2-3H3. The van der Waals surface area contributed by atoms with Crippen molar-refractivity contribution in [3.63, 3.8) is 0 Å². The van der Waals surface area contributed by atoms with Gasteiger partial charge in [0.1, 0.15) is 6.04 Å². The van der Waals surface area contributed by atoms with Gasteiger partial charge in [0.15, 0.2) is 0 Å². The van der Waals surface area contributed by atoms with Crippen molar-refractivity contribution in [1.29, 1.82) is 0 Å². The number of hydrogen-bond acceptors (Lipinski definition) is 3. The number of ether oxygens (including phenoxy) is 1. The van der Waals surface area contributed by atoms with E-state index < -0.39 is 5.72 Å². The summed E-state index contributed by atoms with van der Waals surface area (Å²) in [6, 6.07) is -0.339. The second kappa shape index (κ2) is 4.14. The number of likely N-dealkylation sites (N-methyl/N-ethyl adjacent to an activating group) is 2. The number of carbonyl (C=O) groups excluding carboxylic acids is 2. The normalized spacial score (nSPS) is 33.6. The van der Waals surface area contributed by atoms with E-state index in [0.29, 0.717) is 19.4 Å². The number of rotatable bonds is 2. The highest BCUT2D eigenvalue weighted by Gasteiger charge is 2.55. The lowest BCUT2D eigenvalue weighted by Crippen LogP contribution is -2.71. The second-order valence-electron chi connectivity index (χ2n) is 4.60. The number of carbonyl (C=O) groups is 2. The molecule has 3 aliphatic heterocycles. The van der Waals surface area contributed by atoms with Crippen LogP contribution in [0.2, 0.25) is 0 Å². The van der Waals surface area contributed by atoms with E-state index in [-0.39, 0.29) is 17.9 Å². The molecule has 5 nitrogen and oxygen atoms in total. The quantitative estimate of drug-likeness (QED) is 0.653. The summed E-state index contributed by atoms with van der Waals surface area (Å²) < 4.78 is 5.71. The van der Waals surface area contributed by atoms with Crippen molar-refractivity contribution < 1.29 is 14.3 Å². The summed E-state index contributed by atoms with van der Waals surface area (Å²) in [7, 11) is 3.31. The zero-order valence-electron chi connectivity index (χ0n) is 10.3. The Hall–Kier alpha value is -1.36. The highest BCUT2D eigenvalue weighted by atomic mass is 16.5. The highest BCUT2D eigenvalue weighted by Crippen LogP contribution is 2.33. The van der Waals surface area contributed by atoms with E-state index in [1.54, 1.807) is 20.2 Å². The zero-order valence-corrected chi connectivity index (χ0v) is 10.3. The molecule has 0 spiro atoms. The minimum absolute atomic E-state index is 0.0475. The van der Waals surface area contributed by atoms with Gasteiger partial charge in [-0.15, -0.1) is 6.58 Å². The predicted octanol–water partition coefficient (Wildman–Crippen LogP) is 0.368. The number of amides is 2. The first-order valence-corrected chi connectivity index (χ1v) is 5.84. The lowest BCUT2D eigenvalue weighted by Gasteiger charge is -2.50. The minimum atomic E-state index is -1.18. The van der Waals surface area contributed by atoms with Gasteiger partial charge in [0.2, 0.25) is 11.6 Å². The van der Waals surface area contributed by atoms with Crippen LogP contribution in [0.5, 0.6) is 0 Å². The van der Waals surface area contributed by atoms with Crippen LogP contribution >= 0.6 is 0 Å². The van der Waals surface area contributed by atoms with Crippen molar-refractivity contribution in [2.24, 2.45) is 0 Å². The molecule has 2 bridgehead atoms. The van der Waals surface area contributed by atoms with Crippen molar-refractivity contribution >= 4 is 11.8 Å². The molecule has 3 heterocycles. The average Bonchev–Trinajstić information content (AvgIpc) is 2.31. The molecule has 0 radical (unpaired) electrons. The molecule has 0 aromatic carbocycles. The van der Waals surface area contributed by atoms with E-state index in [1.165, 1.54) is 9.80 Å². The largest absolute Gasteiger partial charge is 0.347 e. The lowest BCUT2D eigenvalue weighted by atomic mass is 9.95. The lowest BCUT2D eigenvalue weighted by molar-refractivity contribution is -0.212. The van der Waals surface area contributed by atoms with Crippen LogP contribution in [0.25, 0.3) is 0 Å². The molecule has 3 fully saturated rings. The van der Waals surface area contributed by atoms with Gasteiger partial charge >= 0.3 is 0 Å². The van der Waals surface area contributed by atoms with Gasteiger partial charge in [-0.25, -0.2) is 0 Å². The van der Waals surface area contributed by atoms with Crippen LogP contribution in [0.1, 0.15) is 19.3 Å². The molecule has 3 saturated heterocycles. The van der Waals surface area contributed by atoms with E-state index in [1.807, 2.05) is 0 Å². The van der Waals surface area contributed by atoms with Gasteiger partial charge in [-0.2, -0.15) is 0 Å². The maximum absolute atomic E-state index is 12.4. The maximum atomic E-state index is 12.4. The molecule has 0 saturated carbocycles. The van der Waals surface area contributed by atoms with Gasteiger partial charge in [-0.3, -0.25) is 9.59 Å². The molecule has 2 atom stereocenters. The number of hydrogen-bond donors (Lipinski definition) is 0. The van der Waals surface area contributed by atoms with E-state index in [2.05, 4.69) is 6.58 Å². The van der Waals surface area contributed by atoms with Crippen LogP contribution in [0.15, 0.2) is 12.7 Å². The SMILES string of the molecule is C=CCC12OCCCC(C(=O)N1C)N(C)C2=O. The van der Waals surface area contributed by atoms with E-state index in [0.717, 1.165) is 6.42 Å². The second-order valence-corrected chi connectivity index (χ2v) is 4.60. The van der Waals surface area contributed by atoms with Gasteiger partial charge < -0.3 is 14.5 Å². The fourth-order valence-corrected chi connectivity index (χ4v) is 2.60. The Morgan fingerprint density at radius 1 is 1.53 bits per heavy atom. The third-order valence-electron chi connectivity index (χ3n) is 3.66. The average molecular weight is 238 g/mol. The van der Waals surface area contributed by atoms with Crippen LogP contribution in [-0.4, -0.2) is 54.1 Å². The van der Waals surface area contributed by atoms with Crippen LogP contribution in [0.4, 0.5) is 0 Å². The van der Waals surface area contributed by atoms with E-state index in [4.69, 9.17) is 4.74 Å². The zero-order chi connectivity index (χ0) is 12.6. The van der Waals surface area contributed by atoms with Crippen molar-refractivity contribution in [3.05, 3.63) is 12.7 Å². The maximum Gasteiger partial charge on any atom is 0.276 e. The van der Waals surface area contributed by atoms with Gasteiger partial charge in [0.05, 0.1) is 6.61 Å². The molecule has 0 aromatic rings. The summed E-state index contributed by atoms with van der Waals surface area (Å²) in [6.45, 7) is 4.15. The number of fused-ring (bicyclic) bond motifs is 5. The first-order chi connectivity index (χ1) is 8.04. The number of piperazine rings is 1.